The van der Waals surface area contributed by atoms with Crippen molar-refractivity contribution in [3.8, 4) is 34.3 Å². The van der Waals surface area contributed by atoms with Gasteiger partial charge in [0.05, 0.1) is 27.0 Å². The Morgan fingerprint density at radius 2 is 1.68 bits per heavy atom. The van der Waals surface area contributed by atoms with Crippen molar-refractivity contribution in [1.29, 1.82) is 0 Å². The zero-order valence-electron chi connectivity index (χ0n) is 23.0. The average Bonchev–Trinajstić information content (AvgIpc) is 2.91. The first-order chi connectivity index (χ1) is 17.8. The molecule has 1 N–H and O–H groups in total. The Hall–Kier alpha value is -3.52. The number of nitrogens with zero attached hydrogens (tertiary/aromatic N) is 3. The molecule has 1 aliphatic carbocycles. The Bertz CT molecular complexity index is 1220. The van der Waals surface area contributed by atoms with Crippen LogP contribution in [0.5, 0.6) is 23.0 Å². The van der Waals surface area contributed by atoms with E-state index in [1.54, 1.807) is 21.3 Å². The minimum absolute atomic E-state index is 0.0191. The molecule has 1 heterocycles. The van der Waals surface area contributed by atoms with Crippen molar-refractivity contribution in [3.63, 3.8) is 0 Å². The molecule has 8 heteroatoms. The number of likely N-dealkylation sites (N-methyl/N-ethyl adjacent to an activating group) is 1. The molecule has 1 aromatic heterocycles. The van der Waals surface area contributed by atoms with E-state index >= 15 is 0 Å². The first-order valence-electron chi connectivity index (χ1n) is 12.8. The highest BCUT2D eigenvalue weighted by molar-refractivity contribution is 5.74. The van der Waals surface area contributed by atoms with Crippen LogP contribution < -0.4 is 24.3 Å². The van der Waals surface area contributed by atoms with E-state index in [1.165, 1.54) is 5.56 Å². The number of ether oxygens (including phenoxy) is 4. The number of hydrogen-bond donors (Lipinski definition) is 1. The van der Waals surface area contributed by atoms with Crippen LogP contribution >= 0.6 is 0 Å². The van der Waals surface area contributed by atoms with Gasteiger partial charge in [0.25, 0.3) is 0 Å². The first-order valence-corrected chi connectivity index (χ1v) is 12.8. The van der Waals surface area contributed by atoms with Gasteiger partial charge in [0, 0.05) is 36.1 Å². The van der Waals surface area contributed by atoms with E-state index in [0.29, 0.717) is 29.8 Å². The molecule has 0 aliphatic heterocycles. The second kappa shape index (κ2) is 11.3. The van der Waals surface area contributed by atoms with E-state index in [2.05, 4.69) is 55.0 Å². The van der Waals surface area contributed by atoms with E-state index < -0.39 is 0 Å². The highest BCUT2D eigenvalue weighted by Crippen LogP contribution is 2.44. The largest absolute Gasteiger partial charge is 0.497 e. The minimum Gasteiger partial charge on any atom is -0.497 e. The van der Waals surface area contributed by atoms with Crippen molar-refractivity contribution < 1.29 is 18.9 Å². The molecule has 0 fully saturated rings. The van der Waals surface area contributed by atoms with Crippen LogP contribution in [0.2, 0.25) is 0 Å². The molecule has 0 spiro atoms. The van der Waals surface area contributed by atoms with Crippen molar-refractivity contribution >= 4 is 11.6 Å². The molecular formula is C29H38N4O4. The Morgan fingerprint density at radius 1 is 0.973 bits per heavy atom. The summed E-state index contributed by atoms with van der Waals surface area (Å²) in [5.74, 6) is 3.04. The van der Waals surface area contributed by atoms with E-state index in [1.807, 2.05) is 24.4 Å². The zero-order valence-corrected chi connectivity index (χ0v) is 23.0. The van der Waals surface area contributed by atoms with Crippen LogP contribution in [0.15, 0.2) is 36.5 Å². The van der Waals surface area contributed by atoms with Gasteiger partial charge in [-0.25, -0.2) is 9.97 Å². The van der Waals surface area contributed by atoms with Gasteiger partial charge in [-0.2, -0.15) is 0 Å². The molecule has 0 saturated heterocycles. The molecule has 1 aliphatic rings. The van der Waals surface area contributed by atoms with Crippen molar-refractivity contribution in [2.24, 2.45) is 0 Å². The molecule has 37 heavy (non-hydrogen) atoms. The second-order valence-corrected chi connectivity index (χ2v) is 9.75. The maximum absolute atomic E-state index is 6.08. The van der Waals surface area contributed by atoms with Crippen molar-refractivity contribution in [1.82, 2.24) is 14.9 Å². The number of hydrogen-bond acceptors (Lipinski definition) is 8. The van der Waals surface area contributed by atoms with Crippen LogP contribution in [0.1, 0.15) is 38.8 Å². The Kier molecular flexibility index (Phi) is 8.07. The normalized spacial score (nSPS) is 13.5. The van der Waals surface area contributed by atoms with Crippen LogP contribution in [0.25, 0.3) is 11.3 Å². The van der Waals surface area contributed by atoms with Gasteiger partial charge in [0.1, 0.15) is 12.4 Å². The van der Waals surface area contributed by atoms with Crippen LogP contribution in [-0.2, 0) is 11.8 Å². The predicted octanol–water partition coefficient (Wildman–Crippen LogP) is 5.47. The lowest BCUT2D eigenvalue weighted by atomic mass is 9.72. The average molecular weight is 507 g/mol. The summed E-state index contributed by atoms with van der Waals surface area (Å²) in [6.07, 6.45) is 2.77. The van der Waals surface area contributed by atoms with Gasteiger partial charge in [-0.1, -0.05) is 33.8 Å². The van der Waals surface area contributed by atoms with E-state index in [0.717, 1.165) is 54.3 Å². The molecule has 0 bridgehead atoms. The number of aromatic nitrogens is 2. The SMILES string of the molecule is CCN(CC)CCOc1c(OC)cc(Nc2ncc3c(n2)-c2cc(OC)ccc2C(C)(C)C3)cc1OC. The molecule has 4 rings (SSSR count). The molecule has 8 nitrogen and oxygen atoms in total. The van der Waals surface area contributed by atoms with E-state index in [4.69, 9.17) is 23.9 Å². The first kappa shape index (κ1) is 26.5. The smallest absolute Gasteiger partial charge is 0.227 e. The quantitative estimate of drug-likeness (QED) is 0.367. The summed E-state index contributed by atoms with van der Waals surface area (Å²) in [5, 5.41) is 3.33. The zero-order chi connectivity index (χ0) is 26.6. The molecule has 0 atom stereocenters. The standard InChI is InChI=1S/C29H38N4O4/c1-8-33(9-2)12-13-37-27-24(35-6)14-20(15-25(27)36-7)31-28-30-18-19-17-29(3,4)23-11-10-21(34-5)16-22(23)26(19)32-28/h10-11,14-16,18H,8-9,12-13,17H2,1-7H3,(H,30,31,32). The topological polar surface area (TPSA) is 78.0 Å². The summed E-state index contributed by atoms with van der Waals surface area (Å²) in [6, 6.07) is 9.95. The van der Waals surface area contributed by atoms with Gasteiger partial charge < -0.3 is 29.2 Å². The molecule has 0 amide bonds. The summed E-state index contributed by atoms with van der Waals surface area (Å²) in [6.45, 7) is 12.1. The maximum Gasteiger partial charge on any atom is 0.227 e. The third-order valence-corrected chi connectivity index (χ3v) is 6.97. The maximum atomic E-state index is 6.08. The van der Waals surface area contributed by atoms with Crippen molar-refractivity contribution in [2.75, 3.05) is 52.9 Å². The van der Waals surface area contributed by atoms with Crippen LogP contribution in [0.3, 0.4) is 0 Å². The summed E-state index contributed by atoms with van der Waals surface area (Å²) in [7, 11) is 4.93. The van der Waals surface area contributed by atoms with Gasteiger partial charge in [0.15, 0.2) is 11.5 Å². The third kappa shape index (κ3) is 5.59. The lowest BCUT2D eigenvalue weighted by Gasteiger charge is -2.33. The number of benzene rings is 2. The monoisotopic (exact) mass is 506 g/mol. The number of anilines is 2. The minimum atomic E-state index is -0.0191. The fourth-order valence-corrected chi connectivity index (χ4v) is 4.88. The fraction of sp³-hybridized carbons (Fsp3) is 0.448. The van der Waals surface area contributed by atoms with Gasteiger partial charge >= 0.3 is 0 Å². The van der Waals surface area contributed by atoms with Gasteiger partial charge in [-0.15, -0.1) is 0 Å². The fourth-order valence-electron chi connectivity index (χ4n) is 4.88. The number of methoxy groups -OCH3 is 3. The summed E-state index contributed by atoms with van der Waals surface area (Å²) < 4.78 is 22.9. The molecular weight excluding hydrogens is 468 g/mol. The van der Waals surface area contributed by atoms with Crippen molar-refractivity contribution in [2.45, 2.75) is 39.5 Å². The summed E-state index contributed by atoms with van der Waals surface area (Å²) in [4.78, 5) is 11.8. The number of fused-ring (bicyclic) bond motifs is 3. The summed E-state index contributed by atoms with van der Waals surface area (Å²) in [5.41, 5.74) is 5.08. The van der Waals surface area contributed by atoms with Gasteiger partial charge in [0.2, 0.25) is 11.7 Å². The highest BCUT2D eigenvalue weighted by Gasteiger charge is 2.32. The van der Waals surface area contributed by atoms with Gasteiger partial charge in [-0.3, -0.25) is 0 Å². The van der Waals surface area contributed by atoms with E-state index in [-0.39, 0.29) is 5.41 Å². The van der Waals surface area contributed by atoms with Crippen LogP contribution in [0, 0.1) is 0 Å². The molecule has 0 unspecified atom stereocenters. The van der Waals surface area contributed by atoms with Gasteiger partial charge in [-0.05, 0) is 48.2 Å². The Balaban J connectivity index is 1.62. The van der Waals surface area contributed by atoms with Crippen LogP contribution in [0.4, 0.5) is 11.6 Å². The Labute approximate surface area is 219 Å². The van der Waals surface area contributed by atoms with E-state index in [9.17, 15) is 0 Å². The predicted molar refractivity (Wildman–Crippen MR) is 147 cm³/mol. The molecule has 3 aromatic rings. The summed E-state index contributed by atoms with van der Waals surface area (Å²) >= 11 is 0. The number of nitrogens with one attached hydrogen (secondary N) is 1. The molecule has 0 radical (unpaired) electrons. The Morgan fingerprint density at radius 3 is 2.30 bits per heavy atom. The lowest BCUT2D eigenvalue weighted by molar-refractivity contribution is 0.211. The number of rotatable bonds is 11. The lowest BCUT2D eigenvalue weighted by Crippen LogP contribution is -2.28. The molecule has 2 aromatic carbocycles. The highest BCUT2D eigenvalue weighted by atomic mass is 16.5. The second-order valence-electron chi connectivity index (χ2n) is 9.75. The molecule has 0 saturated carbocycles. The van der Waals surface area contributed by atoms with Crippen LogP contribution in [-0.4, -0.2) is 62.4 Å². The third-order valence-electron chi connectivity index (χ3n) is 6.97. The van der Waals surface area contributed by atoms with Crippen molar-refractivity contribution in [3.05, 3.63) is 47.7 Å². The molecule has 198 valence electrons.